The molecular weight excluding hydrogens is 331 g/mol. The summed E-state index contributed by atoms with van der Waals surface area (Å²) in [6.07, 6.45) is 0.765. The molecule has 1 heterocycles. The van der Waals surface area contributed by atoms with Crippen LogP contribution in [0.5, 0.6) is 0 Å². The van der Waals surface area contributed by atoms with Gasteiger partial charge in [-0.15, -0.1) is 0 Å². The molecule has 1 unspecified atom stereocenters. The van der Waals surface area contributed by atoms with Crippen molar-refractivity contribution in [2.45, 2.75) is 38.6 Å². The van der Waals surface area contributed by atoms with Gasteiger partial charge >= 0.3 is 133 Å². The maximum absolute atomic E-state index is 11.7. The molecule has 1 N–H and O–H groups in total. The van der Waals surface area contributed by atoms with Crippen LogP contribution in [0.15, 0.2) is 30.3 Å². The van der Waals surface area contributed by atoms with Crippen molar-refractivity contribution < 1.29 is 9.53 Å². The van der Waals surface area contributed by atoms with Gasteiger partial charge in [-0.2, -0.15) is 0 Å². The molecular formula is C16H24N2O2Se. The number of nitrogens with zero attached hydrogens (tertiary/aromatic N) is 1. The standard InChI is InChI=1S/C16H24N2O2Se/c1-4-20-15(19)17-18-12-16(2,3)10-13(18)11-21-14-8-6-5-7-9-14/h5-9,13H,4,10-12H2,1-3H3,(H,17,19). The van der Waals surface area contributed by atoms with Gasteiger partial charge in [-0.25, -0.2) is 0 Å². The first-order valence-electron chi connectivity index (χ1n) is 7.38. The second-order valence-corrected chi connectivity index (χ2v) is 8.40. The van der Waals surface area contributed by atoms with Gasteiger partial charge < -0.3 is 0 Å². The molecule has 0 saturated carbocycles. The summed E-state index contributed by atoms with van der Waals surface area (Å²) < 4.78 is 6.40. The summed E-state index contributed by atoms with van der Waals surface area (Å²) >= 11 is 0.431. The van der Waals surface area contributed by atoms with Crippen molar-refractivity contribution in [1.29, 1.82) is 0 Å². The van der Waals surface area contributed by atoms with Crippen molar-refractivity contribution in [2.75, 3.05) is 13.2 Å². The zero-order valence-electron chi connectivity index (χ0n) is 13.0. The summed E-state index contributed by atoms with van der Waals surface area (Å²) in [7, 11) is 0. The average Bonchev–Trinajstić information content (AvgIpc) is 2.72. The predicted octanol–water partition coefficient (Wildman–Crippen LogP) is 2.20. The minimum absolute atomic E-state index is 0.233. The number of nitrogens with one attached hydrogen (secondary N) is 1. The number of carbonyl (C=O) groups is 1. The molecule has 4 nitrogen and oxygen atoms in total. The van der Waals surface area contributed by atoms with Gasteiger partial charge in [0.2, 0.25) is 0 Å². The summed E-state index contributed by atoms with van der Waals surface area (Å²) in [5.41, 5.74) is 3.14. The van der Waals surface area contributed by atoms with Gasteiger partial charge in [-0.1, -0.05) is 0 Å². The van der Waals surface area contributed by atoms with E-state index in [1.165, 1.54) is 4.46 Å². The third-order valence-corrected chi connectivity index (χ3v) is 5.95. The third kappa shape index (κ3) is 5.03. The molecule has 1 aliphatic heterocycles. The van der Waals surface area contributed by atoms with Crippen LogP contribution >= 0.6 is 0 Å². The van der Waals surface area contributed by atoms with Crippen LogP contribution in [-0.4, -0.2) is 45.3 Å². The van der Waals surface area contributed by atoms with Crippen molar-refractivity contribution >= 4 is 25.5 Å². The van der Waals surface area contributed by atoms with E-state index in [9.17, 15) is 4.79 Å². The van der Waals surface area contributed by atoms with Crippen LogP contribution in [0.1, 0.15) is 27.2 Å². The summed E-state index contributed by atoms with van der Waals surface area (Å²) in [5, 5.41) is 3.18. The van der Waals surface area contributed by atoms with Gasteiger partial charge in [0.05, 0.1) is 0 Å². The van der Waals surface area contributed by atoms with Crippen LogP contribution in [0.3, 0.4) is 0 Å². The zero-order valence-corrected chi connectivity index (χ0v) is 14.7. The van der Waals surface area contributed by atoms with Crippen LogP contribution in [0.4, 0.5) is 4.79 Å². The summed E-state index contributed by atoms with van der Waals surface area (Å²) in [4.78, 5) is 11.7. The number of benzene rings is 1. The van der Waals surface area contributed by atoms with E-state index in [4.69, 9.17) is 4.74 Å². The number of carbonyl (C=O) groups excluding carboxylic acids is 1. The number of ether oxygens (including phenoxy) is 1. The Balaban J connectivity index is 1.93. The Hall–Kier alpha value is -1.03. The number of hydrogen-bond donors (Lipinski definition) is 1. The topological polar surface area (TPSA) is 41.6 Å². The van der Waals surface area contributed by atoms with Crippen LogP contribution in [-0.2, 0) is 4.74 Å². The van der Waals surface area contributed by atoms with Crippen LogP contribution in [0.25, 0.3) is 0 Å². The number of amides is 1. The fraction of sp³-hybridized carbons (Fsp3) is 0.562. The molecule has 5 heteroatoms. The van der Waals surface area contributed by atoms with Crippen LogP contribution in [0, 0.1) is 5.41 Å². The van der Waals surface area contributed by atoms with Crippen molar-refractivity contribution in [3.63, 3.8) is 0 Å². The fourth-order valence-corrected chi connectivity index (χ4v) is 4.84. The first kappa shape index (κ1) is 16.3. The maximum atomic E-state index is 11.7. The Kier molecular flexibility index (Phi) is 5.68. The normalized spacial score (nSPS) is 21.2. The molecule has 2 rings (SSSR count). The molecule has 1 saturated heterocycles. The Morgan fingerprint density at radius 1 is 1.43 bits per heavy atom. The molecule has 0 aromatic heterocycles. The molecule has 21 heavy (non-hydrogen) atoms. The van der Waals surface area contributed by atoms with E-state index in [2.05, 4.69) is 48.5 Å². The van der Waals surface area contributed by atoms with Crippen LogP contribution in [0.2, 0.25) is 5.32 Å². The van der Waals surface area contributed by atoms with Gasteiger partial charge in [-0.05, 0) is 0 Å². The van der Waals surface area contributed by atoms with E-state index in [1.807, 2.05) is 13.0 Å². The number of hydrogen-bond acceptors (Lipinski definition) is 3. The summed E-state index contributed by atoms with van der Waals surface area (Å²) in [6.45, 7) is 7.61. The van der Waals surface area contributed by atoms with Crippen molar-refractivity contribution in [3.05, 3.63) is 30.3 Å². The second-order valence-electron chi connectivity index (χ2n) is 6.11. The molecule has 116 valence electrons. The monoisotopic (exact) mass is 356 g/mol. The van der Waals surface area contributed by atoms with Gasteiger partial charge in [0, 0.05) is 0 Å². The van der Waals surface area contributed by atoms with Crippen LogP contribution < -0.4 is 9.89 Å². The Morgan fingerprint density at radius 3 is 2.81 bits per heavy atom. The first-order chi connectivity index (χ1) is 10.00. The van der Waals surface area contributed by atoms with E-state index >= 15 is 0 Å². The van der Waals surface area contributed by atoms with E-state index in [0.717, 1.165) is 18.3 Å². The van der Waals surface area contributed by atoms with Gasteiger partial charge in [0.25, 0.3) is 0 Å². The molecule has 0 spiro atoms. The van der Waals surface area contributed by atoms with Crippen molar-refractivity contribution in [2.24, 2.45) is 5.41 Å². The fourth-order valence-electron chi connectivity index (χ4n) is 2.67. The molecule has 0 radical (unpaired) electrons. The average molecular weight is 355 g/mol. The Morgan fingerprint density at radius 2 is 2.14 bits per heavy atom. The van der Waals surface area contributed by atoms with E-state index in [-0.39, 0.29) is 11.5 Å². The molecule has 1 fully saturated rings. The van der Waals surface area contributed by atoms with E-state index in [1.54, 1.807) is 0 Å². The first-order valence-corrected chi connectivity index (χ1v) is 9.45. The zero-order chi connectivity index (χ0) is 15.3. The molecule has 0 bridgehead atoms. The Labute approximate surface area is 133 Å². The molecule has 1 aliphatic rings. The second kappa shape index (κ2) is 7.30. The van der Waals surface area contributed by atoms with Gasteiger partial charge in [0.15, 0.2) is 0 Å². The van der Waals surface area contributed by atoms with E-state index in [0.29, 0.717) is 27.6 Å². The molecule has 1 amide bonds. The van der Waals surface area contributed by atoms with Crippen molar-refractivity contribution in [1.82, 2.24) is 10.4 Å². The van der Waals surface area contributed by atoms with E-state index < -0.39 is 0 Å². The SMILES string of the molecule is CCOC(=O)NN1CC(C)(C)CC1C[Se]c1ccccc1. The summed E-state index contributed by atoms with van der Waals surface area (Å²) in [5.74, 6) is 0. The Bertz CT molecular complexity index is 465. The number of hydrazine groups is 1. The minimum atomic E-state index is -0.340. The summed E-state index contributed by atoms with van der Waals surface area (Å²) in [6, 6.07) is 11.0. The quantitative estimate of drug-likeness (QED) is 0.824. The molecule has 1 aromatic rings. The predicted molar refractivity (Wildman–Crippen MR) is 85.7 cm³/mol. The third-order valence-electron chi connectivity index (χ3n) is 3.52. The number of rotatable bonds is 5. The van der Waals surface area contributed by atoms with Gasteiger partial charge in [-0.3, -0.25) is 0 Å². The van der Waals surface area contributed by atoms with Gasteiger partial charge in [0.1, 0.15) is 0 Å². The molecule has 1 aromatic carbocycles. The molecule has 0 aliphatic carbocycles. The molecule has 1 atom stereocenters. The van der Waals surface area contributed by atoms with Crippen molar-refractivity contribution in [3.8, 4) is 0 Å².